The minimum atomic E-state index is -0.0854. The predicted molar refractivity (Wildman–Crippen MR) is 118 cm³/mol. The van der Waals surface area contributed by atoms with Gasteiger partial charge in [0.15, 0.2) is 11.5 Å². The third-order valence-corrected chi connectivity index (χ3v) is 5.25. The number of carbonyl (C=O) groups excluding carboxylic acids is 1. The summed E-state index contributed by atoms with van der Waals surface area (Å²) < 4.78 is 16.6. The molecule has 30 heavy (non-hydrogen) atoms. The van der Waals surface area contributed by atoms with E-state index in [1.165, 1.54) is 11.3 Å². The molecule has 0 aliphatic rings. The van der Waals surface area contributed by atoms with Crippen LogP contribution >= 0.6 is 11.3 Å². The van der Waals surface area contributed by atoms with Crippen LogP contribution < -0.4 is 19.5 Å². The lowest BCUT2D eigenvalue weighted by Crippen LogP contribution is -2.24. The summed E-state index contributed by atoms with van der Waals surface area (Å²) in [4.78, 5) is 17.0. The van der Waals surface area contributed by atoms with Crippen LogP contribution in [0.4, 0.5) is 0 Å². The van der Waals surface area contributed by atoms with E-state index in [1.807, 2.05) is 61.7 Å². The van der Waals surface area contributed by atoms with E-state index in [4.69, 9.17) is 14.2 Å². The van der Waals surface area contributed by atoms with E-state index in [1.54, 1.807) is 7.11 Å². The van der Waals surface area contributed by atoms with Crippen LogP contribution in [0.1, 0.15) is 25.1 Å². The molecule has 0 bridgehead atoms. The number of amides is 1. The lowest BCUT2D eigenvalue weighted by atomic mass is 10.2. The first-order valence-electron chi connectivity index (χ1n) is 9.87. The number of hydrogen-bond donors (Lipinski definition) is 1. The Bertz CT molecular complexity index is 987. The van der Waals surface area contributed by atoms with E-state index in [-0.39, 0.29) is 12.3 Å². The van der Waals surface area contributed by atoms with Gasteiger partial charge in [0.25, 0.3) is 0 Å². The number of nitrogens with one attached hydrogen (secondary N) is 1. The first-order chi connectivity index (χ1) is 14.6. The van der Waals surface area contributed by atoms with Gasteiger partial charge in [0.05, 0.1) is 38.0 Å². The fourth-order valence-corrected chi connectivity index (χ4v) is 3.81. The highest BCUT2D eigenvalue weighted by Crippen LogP contribution is 2.32. The van der Waals surface area contributed by atoms with Crippen molar-refractivity contribution in [1.82, 2.24) is 10.3 Å². The van der Waals surface area contributed by atoms with Gasteiger partial charge in [-0.3, -0.25) is 4.79 Å². The van der Waals surface area contributed by atoms with Crippen LogP contribution in [0.2, 0.25) is 0 Å². The fourth-order valence-electron chi connectivity index (χ4n) is 2.96. The van der Waals surface area contributed by atoms with E-state index in [9.17, 15) is 4.79 Å². The molecule has 3 rings (SSSR count). The molecule has 1 amide bonds. The summed E-state index contributed by atoms with van der Waals surface area (Å²) in [5.74, 6) is 2.06. The summed E-state index contributed by atoms with van der Waals surface area (Å²) in [7, 11) is 1.60. The third kappa shape index (κ3) is 5.51. The number of aromatic nitrogens is 1. The average molecular weight is 427 g/mol. The molecule has 158 valence electrons. The molecule has 0 spiro atoms. The van der Waals surface area contributed by atoms with Crippen molar-refractivity contribution in [3.05, 3.63) is 59.1 Å². The van der Waals surface area contributed by atoms with Crippen LogP contribution in [0.5, 0.6) is 17.2 Å². The summed E-state index contributed by atoms with van der Waals surface area (Å²) in [6.45, 7) is 5.44. The summed E-state index contributed by atoms with van der Waals surface area (Å²) >= 11 is 1.51. The van der Waals surface area contributed by atoms with Crippen molar-refractivity contribution < 1.29 is 19.0 Å². The molecular formula is C23H26N2O4S. The minimum absolute atomic E-state index is 0.0854. The van der Waals surface area contributed by atoms with E-state index < -0.39 is 0 Å². The molecule has 1 heterocycles. The van der Waals surface area contributed by atoms with Gasteiger partial charge in [-0.15, -0.1) is 11.3 Å². The van der Waals surface area contributed by atoms with E-state index >= 15 is 0 Å². The van der Waals surface area contributed by atoms with Crippen LogP contribution in [-0.4, -0.2) is 31.2 Å². The number of thiazole rings is 1. The van der Waals surface area contributed by atoms with E-state index in [2.05, 4.69) is 10.3 Å². The zero-order valence-electron chi connectivity index (χ0n) is 17.4. The van der Waals surface area contributed by atoms with Crippen LogP contribution in [0, 0.1) is 0 Å². The highest BCUT2D eigenvalue weighted by Gasteiger charge is 2.13. The highest BCUT2D eigenvalue weighted by atomic mass is 32.1. The molecule has 0 radical (unpaired) electrons. The molecule has 0 aliphatic heterocycles. The summed E-state index contributed by atoms with van der Waals surface area (Å²) in [5.41, 5.74) is 2.62. The van der Waals surface area contributed by atoms with Crippen molar-refractivity contribution in [3.8, 4) is 27.8 Å². The Hall–Kier alpha value is -3.06. The number of rotatable bonds is 10. The van der Waals surface area contributed by atoms with Gasteiger partial charge in [-0.25, -0.2) is 4.98 Å². The smallest absolute Gasteiger partial charge is 0.226 e. The summed E-state index contributed by atoms with van der Waals surface area (Å²) in [5, 5.41) is 5.70. The Balaban J connectivity index is 1.60. The van der Waals surface area contributed by atoms with Crippen molar-refractivity contribution in [1.29, 1.82) is 0 Å². The second kappa shape index (κ2) is 10.6. The second-order valence-electron chi connectivity index (χ2n) is 6.44. The van der Waals surface area contributed by atoms with Gasteiger partial charge >= 0.3 is 0 Å². The van der Waals surface area contributed by atoms with Crippen molar-refractivity contribution in [2.75, 3.05) is 20.3 Å². The van der Waals surface area contributed by atoms with Crippen LogP contribution in [0.3, 0.4) is 0 Å². The maximum atomic E-state index is 12.4. The Morgan fingerprint density at radius 1 is 1.03 bits per heavy atom. The molecule has 0 saturated heterocycles. The standard InChI is InChI=1S/C23H26N2O4S/c1-4-28-19-9-7-6-8-18(19)23-25-17(15-30-23)13-22(26)24-14-16-10-11-20(29-5-2)21(12-16)27-3/h6-12,15H,4-5,13-14H2,1-3H3,(H,24,26). The van der Waals surface area contributed by atoms with Gasteiger partial charge < -0.3 is 19.5 Å². The molecular weight excluding hydrogens is 400 g/mol. The number of hydrogen-bond acceptors (Lipinski definition) is 6. The van der Waals surface area contributed by atoms with Crippen LogP contribution in [0.25, 0.3) is 10.6 Å². The van der Waals surface area contributed by atoms with Gasteiger partial charge in [-0.1, -0.05) is 18.2 Å². The van der Waals surface area contributed by atoms with Crippen LogP contribution in [-0.2, 0) is 17.8 Å². The summed E-state index contributed by atoms with van der Waals surface area (Å²) in [6.07, 6.45) is 0.224. The third-order valence-electron chi connectivity index (χ3n) is 4.33. The molecule has 3 aromatic rings. The minimum Gasteiger partial charge on any atom is -0.493 e. The molecule has 1 aromatic heterocycles. The van der Waals surface area contributed by atoms with E-state index in [0.717, 1.165) is 27.6 Å². The number of carbonyl (C=O) groups is 1. The largest absolute Gasteiger partial charge is 0.493 e. The Morgan fingerprint density at radius 2 is 1.80 bits per heavy atom. The Labute approximate surface area is 180 Å². The molecule has 2 aromatic carbocycles. The van der Waals surface area contributed by atoms with Crippen molar-refractivity contribution in [3.63, 3.8) is 0 Å². The molecule has 0 unspecified atom stereocenters. The number of ether oxygens (including phenoxy) is 3. The monoisotopic (exact) mass is 426 g/mol. The quantitative estimate of drug-likeness (QED) is 0.518. The second-order valence-corrected chi connectivity index (χ2v) is 7.30. The maximum Gasteiger partial charge on any atom is 0.226 e. The number of para-hydroxylation sites is 1. The SMILES string of the molecule is CCOc1ccc(CNC(=O)Cc2csc(-c3ccccc3OCC)n2)cc1OC. The molecule has 0 saturated carbocycles. The maximum absolute atomic E-state index is 12.4. The lowest BCUT2D eigenvalue weighted by molar-refractivity contribution is -0.120. The van der Waals surface area contributed by atoms with Crippen molar-refractivity contribution in [2.24, 2.45) is 0 Å². The normalized spacial score (nSPS) is 10.5. The zero-order chi connectivity index (χ0) is 21.3. The molecule has 0 fully saturated rings. The first-order valence-corrected chi connectivity index (χ1v) is 10.8. The van der Waals surface area contributed by atoms with Gasteiger partial charge in [-0.2, -0.15) is 0 Å². The van der Waals surface area contributed by atoms with Gasteiger partial charge in [-0.05, 0) is 43.7 Å². The zero-order valence-corrected chi connectivity index (χ0v) is 18.3. The number of nitrogens with zero attached hydrogens (tertiary/aromatic N) is 1. The molecule has 0 atom stereocenters. The van der Waals surface area contributed by atoms with Crippen LogP contribution in [0.15, 0.2) is 47.8 Å². The fraction of sp³-hybridized carbons (Fsp3) is 0.304. The van der Waals surface area contributed by atoms with Gasteiger partial charge in [0, 0.05) is 11.9 Å². The lowest BCUT2D eigenvalue weighted by Gasteiger charge is -2.11. The highest BCUT2D eigenvalue weighted by molar-refractivity contribution is 7.13. The molecule has 0 aliphatic carbocycles. The number of methoxy groups -OCH3 is 1. The average Bonchev–Trinajstić information content (AvgIpc) is 3.22. The Morgan fingerprint density at radius 3 is 2.57 bits per heavy atom. The molecule has 1 N–H and O–H groups in total. The molecule has 7 heteroatoms. The van der Waals surface area contributed by atoms with Gasteiger partial charge in [0.2, 0.25) is 5.91 Å². The van der Waals surface area contributed by atoms with E-state index in [0.29, 0.717) is 31.3 Å². The van der Waals surface area contributed by atoms with Crippen molar-refractivity contribution in [2.45, 2.75) is 26.8 Å². The van der Waals surface area contributed by atoms with Crippen molar-refractivity contribution >= 4 is 17.2 Å². The first kappa shape index (κ1) is 21.6. The predicted octanol–water partition coefficient (Wildman–Crippen LogP) is 4.48. The number of benzene rings is 2. The summed E-state index contributed by atoms with van der Waals surface area (Å²) in [6, 6.07) is 13.4. The van der Waals surface area contributed by atoms with Gasteiger partial charge in [0.1, 0.15) is 10.8 Å². The molecule has 6 nitrogen and oxygen atoms in total. The Kier molecular flexibility index (Phi) is 7.68. The topological polar surface area (TPSA) is 69.7 Å².